The van der Waals surface area contributed by atoms with Gasteiger partial charge in [-0.15, -0.1) is 0 Å². The molecule has 0 aliphatic heterocycles. The Bertz CT molecular complexity index is 504. The van der Waals surface area contributed by atoms with Gasteiger partial charge in [-0.2, -0.15) is 5.26 Å². The summed E-state index contributed by atoms with van der Waals surface area (Å²) in [4.78, 5) is 3.13. The molecule has 2 heteroatoms. The number of aryl methyl sites for hydroxylation is 1. The lowest BCUT2D eigenvalue weighted by atomic mass is 10.0. The number of rotatable bonds is 3. The normalized spacial score (nSPS) is 11.2. The Morgan fingerprint density at radius 1 is 1.35 bits per heavy atom. The van der Waals surface area contributed by atoms with Gasteiger partial charge in [0.15, 0.2) is 0 Å². The quantitative estimate of drug-likeness (QED) is 0.773. The van der Waals surface area contributed by atoms with Crippen LogP contribution < -0.4 is 0 Å². The molecule has 0 spiro atoms. The molecule has 17 heavy (non-hydrogen) atoms. The van der Waals surface area contributed by atoms with E-state index < -0.39 is 0 Å². The van der Waals surface area contributed by atoms with E-state index >= 15 is 0 Å². The van der Waals surface area contributed by atoms with Gasteiger partial charge in [-0.1, -0.05) is 12.5 Å². The van der Waals surface area contributed by atoms with Crippen LogP contribution in [0.5, 0.6) is 0 Å². The molecule has 0 aliphatic rings. The number of hydrogen-bond donors (Lipinski definition) is 1. The predicted molar refractivity (Wildman–Crippen MR) is 72.6 cm³/mol. The van der Waals surface area contributed by atoms with E-state index in [1.54, 1.807) is 0 Å². The molecule has 1 aromatic rings. The van der Waals surface area contributed by atoms with Crippen molar-refractivity contribution in [3.05, 3.63) is 39.7 Å². The zero-order valence-corrected chi connectivity index (χ0v) is 11.3. The molecule has 0 saturated carbocycles. The second kappa shape index (κ2) is 5.54. The number of hydrogen-bond acceptors (Lipinski definition) is 1. The molecule has 0 atom stereocenters. The first kappa shape index (κ1) is 13.3. The first-order valence-corrected chi connectivity index (χ1v) is 5.94. The highest BCUT2D eigenvalue weighted by molar-refractivity contribution is 5.61. The molecule has 0 aliphatic carbocycles. The number of aromatic nitrogens is 1. The fourth-order valence-corrected chi connectivity index (χ4v) is 1.73. The number of nitrogens with one attached hydrogen (secondary N) is 1. The molecule has 2 nitrogen and oxygen atoms in total. The van der Waals surface area contributed by atoms with Crippen molar-refractivity contribution in [1.29, 1.82) is 5.26 Å². The van der Waals surface area contributed by atoms with Crippen LogP contribution >= 0.6 is 0 Å². The molecule has 1 heterocycles. The summed E-state index contributed by atoms with van der Waals surface area (Å²) in [6.45, 7) is 10.6. The Kier molecular flexibility index (Phi) is 4.34. The summed E-state index contributed by atoms with van der Waals surface area (Å²) in [5.41, 5.74) is 6.78. The van der Waals surface area contributed by atoms with Crippen LogP contribution in [-0.4, -0.2) is 4.98 Å². The smallest absolute Gasteiger partial charge is 0.118 e. The molecule has 1 aromatic heterocycles. The van der Waals surface area contributed by atoms with Crippen molar-refractivity contribution in [2.24, 2.45) is 0 Å². The van der Waals surface area contributed by atoms with Gasteiger partial charge in [0.1, 0.15) is 11.8 Å². The largest absolute Gasteiger partial charge is 0.350 e. The standard InChI is InChI=1S/C15H20N2/c1-6-15-13(8-14(9-16)17-15)7-11(4)12(5)10(2)3/h7-8,17H,6H2,1-5H3/b11-7-. The van der Waals surface area contributed by atoms with Crippen molar-refractivity contribution in [3.63, 3.8) is 0 Å². The first-order chi connectivity index (χ1) is 7.99. The molecule has 0 saturated heterocycles. The van der Waals surface area contributed by atoms with Crippen molar-refractivity contribution >= 4 is 6.08 Å². The van der Waals surface area contributed by atoms with Crippen molar-refractivity contribution in [2.75, 3.05) is 0 Å². The van der Waals surface area contributed by atoms with E-state index in [0.29, 0.717) is 5.69 Å². The van der Waals surface area contributed by atoms with Gasteiger partial charge >= 0.3 is 0 Å². The highest BCUT2D eigenvalue weighted by Crippen LogP contribution is 2.20. The molecular formula is C15H20N2. The van der Waals surface area contributed by atoms with Gasteiger partial charge in [-0.25, -0.2) is 0 Å². The summed E-state index contributed by atoms with van der Waals surface area (Å²) in [6.07, 6.45) is 3.06. The number of nitrogens with zero attached hydrogens (tertiary/aromatic N) is 1. The highest BCUT2D eigenvalue weighted by Gasteiger charge is 2.05. The minimum absolute atomic E-state index is 0.635. The third kappa shape index (κ3) is 3.10. The first-order valence-electron chi connectivity index (χ1n) is 5.94. The highest BCUT2D eigenvalue weighted by atomic mass is 14.7. The van der Waals surface area contributed by atoms with Crippen molar-refractivity contribution in [1.82, 2.24) is 4.98 Å². The maximum atomic E-state index is 8.89. The fraction of sp³-hybridized carbons (Fsp3) is 0.400. The lowest BCUT2D eigenvalue weighted by molar-refractivity contribution is 1.05. The monoisotopic (exact) mass is 228 g/mol. The molecular weight excluding hydrogens is 208 g/mol. The minimum atomic E-state index is 0.635. The third-order valence-corrected chi connectivity index (χ3v) is 3.12. The summed E-state index contributed by atoms with van der Waals surface area (Å²) < 4.78 is 0. The van der Waals surface area contributed by atoms with Crippen LogP contribution in [0.25, 0.3) is 6.08 Å². The van der Waals surface area contributed by atoms with Crippen molar-refractivity contribution < 1.29 is 0 Å². The topological polar surface area (TPSA) is 39.6 Å². The van der Waals surface area contributed by atoms with Crippen molar-refractivity contribution in [3.8, 4) is 6.07 Å². The van der Waals surface area contributed by atoms with E-state index in [4.69, 9.17) is 5.26 Å². The molecule has 1 N–H and O–H groups in total. The van der Waals surface area contributed by atoms with Crippen LogP contribution in [0, 0.1) is 11.3 Å². The zero-order valence-electron chi connectivity index (χ0n) is 11.3. The van der Waals surface area contributed by atoms with Crippen LogP contribution in [0.1, 0.15) is 51.6 Å². The van der Waals surface area contributed by atoms with Gasteiger partial charge in [0.2, 0.25) is 0 Å². The van der Waals surface area contributed by atoms with Gasteiger partial charge < -0.3 is 4.98 Å². The van der Waals surface area contributed by atoms with Crippen LogP contribution in [-0.2, 0) is 6.42 Å². The zero-order chi connectivity index (χ0) is 13.0. The van der Waals surface area contributed by atoms with E-state index in [9.17, 15) is 0 Å². The Morgan fingerprint density at radius 2 is 2.00 bits per heavy atom. The van der Waals surface area contributed by atoms with Crippen LogP contribution in [0.3, 0.4) is 0 Å². The lowest BCUT2D eigenvalue weighted by Gasteiger charge is -2.04. The van der Waals surface area contributed by atoms with Gasteiger partial charge in [0.05, 0.1) is 0 Å². The third-order valence-electron chi connectivity index (χ3n) is 3.12. The van der Waals surface area contributed by atoms with E-state index in [-0.39, 0.29) is 0 Å². The molecule has 0 radical (unpaired) electrons. The van der Waals surface area contributed by atoms with E-state index in [1.165, 1.54) is 16.7 Å². The van der Waals surface area contributed by atoms with Gasteiger partial charge in [-0.3, -0.25) is 0 Å². The van der Waals surface area contributed by atoms with Gasteiger partial charge in [0.25, 0.3) is 0 Å². The Morgan fingerprint density at radius 3 is 2.47 bits per heavy atom. The predicted octanol–water partition coefficient (Wildman–Crippen LogP) is 4.21. The van der Waals surface area contributed by atoms with Crippen molar-refractivity contribution in [2.45, 2.75) is 41.0 Å². The Labute approximate surface area is 104 Å². The van der Waals surface area contributed by atoms with Gasteiger partial charge in [-0.05, 0) is 63.0 Å². The molecule has 0 bridgehead atoms. The Balaban J connectivity index is 3.19. The average molecular weight is 228 g/mol. The number of nitriles is 1. The number of aromatic amines is 1. The van der Waals surface area contributed by atoms with Crippen LogP contribution in [0.15, 0.2) is 22.8 Å². The second-order valence-corrected chi connectivity index (χ2v) is 4.53. The second-order valence-electron chi connectivity index (χ2n) is 4.53. The van der Waals surface area contributed by atoms with Crippen LogP contribution in [0.4, 0.5) is 0 Å². The van der Waals surface area contributed by atoms with E-state index in [0.717, 1.165) is 17.7 Å². The van der Waals surface area contributed by atoms with E-state index in [2.05, 4.69) is 51.7 Å². The van der Waals surface area contributed by atoms with Crippen LogP contribution in [0.2, 0.25) is 0 Å². The maximum absolute atomic E-state index is 8.89. The minimum Gasteiger partial charge on any atom is -0.350 e. The maximum Gasteiger partial charge on any atom is 0.118 e. The molecule has 0 unspecified atom stereocenters. The molecule has 0 fully saturated rings. The summed E-state index contributed by atoms with van der Waals surface area (Å²) in [5.74, 6) is 0. The number of H-pyrrole nitrogens is 1. The SMILES string of the molecule is CCc1[nH]c(C#N)cc1/C=C(/C)C(C)=C(C)C. The van der Waals surface area contributed by atoms with E-state index in [1.807, 2.05) is 6.07 Å². The summed E-state index contributed by atoms with van der Waals surface area (Å²) in [6, 6.07) is 4.07. The molecule has 1 rings (SSSR count). The molecule has 0 aromatic carbocycles. The summed E-state index contributed by atoms with van der Waals surface area (Å²) >= 11 is 0. The fourth-order valence-electron chi connectivity index (χ4n) is 1.73. The molecule has 0 amide bonds. The molecule has 90 valence electrons. The Hall–Kier alpha value is -1.75. The van der Waals surface area contributed by atoms with Gasteiger partial charge in [0, 0.05) is 5.69 Å². The number of allylic oxidation sites excluding steroid dienone is 3. The summed E-state index contributed by atoms with van der Waals surface area (Å²) in [7, 11) is 0. The average Bonchev–Trinajstić information content (AvgIpc) is 2.70. The lowest BCUT2D eigenvalue weighted by Crippen LogP contribution is -1.86. The summed E-state index contributed by atoms with van der Waals surface area (Å²) in [5, 5.41) is 8.89.